The number of halogens is 8. The summed E-state index contributed by atoms with van der Waals surface area (Å²) in [6, 6.07) is 7.24. The Morgan fingerprint density at radius 2 is 1.42 bits per heavy atom. The molecule has 1 aromatic heterocycles. The van der Waals surface area contributed by atoms with Crippen molar-refractivity contribution >= 4 is 22.9 Å². The van der Waals surface area contributed by atoms with Crippen LogP contribution in [0.5, 0.6) is 23.0 Å². The van der Waals surface area contributed by atoms with Crippen molar-refractivity contribution in [1.29, 1.82) is 0 Å². The Balaban J connectivity index is 1.60. The average Bonchev–Trinajstić information content (AvgIpc) is 3.00. The van der Waals surface area contributed by atoms with Crippen molar-refractivity contribution in [3.05, 3.63) is 93.1 Å². The van der Waals surface area contributed by atoms with E-state index in [4.69, 9.17) is 18.6 Å². The fourth-order valence-electron chi connectivity index (χ4n) is 3.67. The van der Waals surface area contributed by atoms with Gasteiger partial charge in [0.15, 0.2) is 11.9 Å². The molecule has 0 radical (unpaired) electrons. The van der Waals surface area contributed by atoms with Crippen LogP contribution in [0, 0.1) is 29.1 Å². The Bertz CT molecular complexity index is 1810. The summed E-state index contributed by atoms with van der Waals surface area (Å²) < 4.78 is 134. The Morgan fingerprint density at radius 1 is 0.844 bits per heavy atom. The highest BCUT2D eigenvalue weighted by Crippen LogP contribution is 2.39. The molecule has 0 saturated heterocycles. The first kappa shape index (κ1) is 32.8. The van der Waals surface area contributed by atoms with Gasteiger partial charge in [-0.05, 0) is 49.7 Å². The number of fused-ring (bicyclic) bond motifs is 1. The van der Waals surface area contributed by atoms with Gasteiger partial charge in [-0.1, -0.05) is 6.92 Å². The van der Waals surface area contributed by atoms with Crippen LogP contribution >= 0.6 is 0 Å². The van der Waals surface area contributed by atoms with Gasteiger partial charge in [0, 0.05) is 6.07 Å². The standard InChI is InChI=1S/C29H18F8O8/c1-3-10-41-28(40)13-4-6-14(7-5-13)43-25-23(38)16-9-8-15(11-17(16)45-26(25)29(35,36)37)44-27(39)12(2)42-24-21(33)19(31)18(30)20(32)22(24)34/h4-9,11-12H,3,10H2,1-2H3. The quantitative estimate of drug-likeness (QED) is 0.0617. The number of ether oxygens (including phenoxy) is 4. The maximum atomic E-state index is 13.9. The van der Waals surface area contributed by atoms with Crippen molar-refractivity contribution in [3.63, 3.8) is 0 Å². The third kappa shape index (κ3) is 6.84. The van der Waals surface area contributed by atoms with Gasteiger partial charge in [-0.15, -0.1) is 0 Å². The molecule has 0 amide bonds. The van der Waals surface area contributed by atoms with Crippen LogP contribution in [0.4, 0.5) is 35.1 Å². The number of hydrogen-bond acceptors (Lipinski definition) is 8. The largest absolute Gasteiger partial charge is 0.473 e. The van der Waals surface area contributed by atoms with Gasteiger partial charge in [0.2, 0.25) is 40.3 Å². The van der Waals surface area contributed by atoms with Crippen LogP contribution < -0.4 is 19.6 Å². The van der Waals surface area contributed by atoms with Crippen molar-refractivity contribution in [2.24, 2.45) is 0 Å². The summed E-state index contributed by atoms with van der Waals surface area (Å²) in [6.07, 6.45) is -6.70. The van der Waals surface area contributed by atoms with E-state index in [0.29, 0.717) is 12.5 Å². The molecule has 0 bridgehead atoms. The molecule has 0 N–H and O–H groups in total. The molecule has 1 unspecified atom stereocenters. The first-order valence-corrected chi connectivity index (χ1v) is 12.7. The van der Waals surface area contributed by atoms with Crippen molar-refractivity contribution in [2.45, 2.75) is 32.5 Å². The second-order valence-corrected chi connectivity index (χ2v) is 9.09. The predicted molar refractivity (Wildman–Crippen MR) is 137 cm³/mol. The highest BCUT2D eigenvalue weighted by molar-refractivity contribution is 5.89. The van der Waals surface area contributed by atoms with E-state index >= 15 is 0 Å². The van der Waals surface area contributed by atoms with Gasteiger partial charge in [-0.3, -0.25) is 4.79 Å². The summed E-state index contributed by atoms with van der Waals surface area (Å²) in [5.41, 5.74) is -1.94. The van der Waals surface area contributed by atoms with Crippen LogP contribution in [0.2, 0.25) is 0 Å². The first-order valence-electron chi connectivity index (χ1n) is 12.7. The molecule has 0 fully saturated rings. The van der Waals surface area contributed by atoms with Crippen molar-refractivity contribution < 1.29 is 68.1 Å². The molecule has 0 spiro atoms. The number of carbonyl (C=O) groups excluding carboxylic acids is 2. The molecule has 4 aromatic rings. The lowest BCUT2D eigenvalue weighted by Gasteiger charge is -2.16. The van der Waals surface area contributed by atoms with E-state index in [9.17, 15) is 49.5 Å². The zero-order chi connectivity index (χ0) is 33.2. The van der Waals surface area contributed by atoms with E-state index in [1.807, 2.05) is 0 Å². The lowest BCUT2D eigenvalue weighted by Crippen LogP contribution is -2.29. The monoisotopic (exact) mass is 646 g/mol. The maximum Gasteiger partial charge on any atom is 0.453 e. The summed E-state index contributed by atoms with van der Waals surface area (Å²) in [5, 5.41) is -0.455. The fraction of sp³-hybridized carbons (Fsp3) is 0.207. The number of esters is 2. The third-order valence-corrected chi connectivity index (χ3v) is 5.84. The molecule has 45 heavy (non-hydrogen) atoms. The van der Waals surface area contributed by atoms with Gasteiger partial charge < -0.3 is 23.4 Å². The molecular weight excluding hydrogens is 628 g/mol. The molecule has 1 atom stereocenters. The Morgan fingerprint density at radius 3 is 2.00 bits per heavy atom. The summed E-state index contributed by atoms with van der Waals surface area (Å²) in [4.78, 5) is 37.4. The van der Waals surface area contributed by atoms with Gasteiger partial charge in [0.25, 0.3) is 5.76 Å². The van der Waals surface area contributed by atoms with Gasteiger partial charge >= 0.3 is 18.1 Å². The highest BCUT2D eigenvalue weighted by Gasteiger charge is 2.40. The number of hydrogen-bond donors (Lipinski definition) is 0. The van der Waals surface area contributed by atoms with Crippen LogP contribution in [-0.4, -0.2) is 24.6 Å². The molecular formula is C29H18F8O8. The molecule has 0 aliphatic rings. The second-order valence-electron chi connectivity index (χ2n) is 9.09. The first-order chi connectivity index (χ1) is 21.1. The molecule has 238 valence electrons. The predicted octanol–water partition coefficient (Wildman–Crippen LogP) is 7.24. The number of rotatable bonds is 9. The number of alkyl halides is 3. The van der Waals surface area contributed by atoms with Crippen molar-refractivity contribution in [2.75, 3.05) is 6.61 Å². The number of carbonyl (C=O) groups is 2. The summed E-state index contributed by atoms with van der Waals surface area (Å²) in [6.45, 7) is 2.75. The van der Waals surface area contributed by atoms with Gasteiger partial charge in [-0.25, -0.2) is 22.8 Å². The Hall–Kier alpha value is -5.15. The minimum atomic E-state index is -5.27. The maximum absolute atomic E-state index is 13.9. The zero-order valence-corrected chi connectivity index (χ0v) is 22.8. The second kappa shape index (κ2) is 12.8. The minimum absolute atomic E-state index is 0.0754. The summed E-state index contributed by atoms with van der Waals surface area (Å²) in [5.74, 6) is -19.7. The van der Waals surface area contributed by atoms with Crippen LogP contribution in [0.1, 0.15) is 36.4 Å². The Kier molecular flexibility index (Phi) is 9.34. The lowest BCUT2D eigenvalue weighted by atomic mass is 10.2. The van der Waals surface area contributed by atoms with E-state index in [-0.39, 0.29) is 17.9 Å². The van der Waals surface area contributed by atoms with Crippen LogP contribution in [-0.2, 0) is 15.7 Å². The normalized spacial score (nSPS) is 12.1. The van der Waals surface area contributed by atoms with Gasteiger partial charge in [-0.2, -0.15) is 22.0 Å². The van der Waals surface area contributed by atoms with E-state index in [1.165, 1.54) is 12.1 Å². The van der Waals surface area contributed by atoms with E-state index in [0.717, 1.165) is 31.2 Å². The van der Waals surface area contributed by atoms with Crippen molar-refractivity contribution in [1.82, 2.24) is 0 Å². The van der Waals surface area contributed by atoms with E-state index in [1.54, 1.807) is 6.92 Å². The molecule has 3 aromatic carbocycles. The Labute approximate surface area is 246 Å². The summed E-state index contributed by atoms with van der Waals surface area (Å²) >= 11 is 0. The molecule has 0 saturated carbocycles. The fourth-order valence-corrected chi connectivity index (χ4v) is 3.67. The van der Waals surface area contributed by atoms with Crippen LogP contribution in [0.25, 0.3) is 11.0 Å². The molecule has 0 aliphatic heterocycles. The minimum Gasteiger partial charge on any atom is -0.473 e. The van der Waals surface area contributed by atoms with E-state index < -0.39 is 92.7 Å². The van der Waals surface area contributed by atoms with Crippen LogP contribution in [0.3, 0.4) is 0 Å². The molecule has 0 aliphatic carbocycles. The van der Waals surface area contributed by atoms with Gasteiger partial charge in [0.05, 0.1) is 17.6 Å². The molecule has 4 rings (SSSR count). The lowest BCUT2D eigenvalue weighted by molar-refractivity contribution is -0.154. The van der Waals surface area contributed by atoms with E-state index in [2.05, 4.69) is 4.74 Å². The molecule has 8 nitrogen and oxygen atoms in total. The smallest absolute Gasteiger partial charge is 0.453 e. The highest BCUT2D eigenvalue weighted by atomic mass is 19.4. The molecule has 16 heteroatoms. The summed E-state index contributed by atoms with van der Waals surface area (Å²) in [7, 11) is 0. The van der Waals surface area contributed by atoms with Crippen LogP contribution in [0.15, 0.2) is 51.7 Å². The van der Waals surface area contributed by atoms with Crippen molar-refractivity contribution in [3.8, 4) is 23.0 Å². The third-order valence-electron chi connectivity index (χ3n) is 5.84. The van der Waals surface area contributed by atoms with Gasteiger partial charge in [0.1, 0.15) is 17.1 Å². The molecule has 1 heterocycles. The average molecular weight is 646 g/mol. The SMILES string of the molecule is CCCOC(=O)c1ccc(Oc2c(C(F)(F)F)oc3cc(OC(=O)C(C)Oc4c(F)c(F)c(F)c(F)c4F)ccc3c2=O)cc1. The topological polar surface area (TPSA) is 101 Å². The number of benzene rings is 3. The zero-order valence-electron chi connectivity index (χ0n) is 22.8.